The third kappa shape index (κ3) is 6.66. The maximum atomic E-state index is 13.4. The fraction of sp³-hybridized carbons (Fsp3) is 0.556. The van der Waals surface area contributed by atoms with Crippen LogP contribution < -0.4 is 0 Å². The number of hydrogen-bond acceptors (Lipinski definition) is 3. The van der Waals surface area contributed by atoms with Crippen molar-refractivity contribution in [2.45, 2.75) is 46.2 Å². The zero-order valence-electron chi connectivity index (χ0n) is 14.9. The summed E-state index contributed by atoms with van der Waals surface area (Å²) in [6, 6.07) is 6.16. The van der Waals surface area contributed by atoms with Gasteiger partial charge in [-0.25, -0.2) is 4.39 Å². The van der Waals surface area contributed by atoms with Crippen molar-refractivity contribution in [3.05, 3.63) is 35.6 Å². The average Bonchev–Trinajstić information content (AvgIpc) is 2.43. The molecule has 0 unspecified atom stereocenters. The van der Waals surface area contributed by atoms with Crippen molar-refractivity contribution < 1.29 is 19.1 Å². The Bertz CT molecular complexity index is 570. The number of amides is 1. The minimum Gasteiger partial charge on any atom is -0.480 e. The van der Waals surface area contributed by atoms with E-state index in [1.54, 1.807) is 21.9 Å². The number of rotatable bonds is 8. The number of carbonyl (C=O) groups is 2. The quantitative estimate of drug-likeness (QED) is 0.792. The minimum absolute atomic E-state index is 0.0345. The van der Waals surface area contributed by atoms with Crippen LogP contribution in [0.25, 0.3) is 0 Å². The predicted molar refractivity (Wildman–Crippen MR) is 91.1 cm³/mol. The molecule has 0 radical (unpaired) electrons. The highest BCUT2D eigenvalue weighted by atomic mass is 19.1. The van der Waals surface area contributed by atoms with Gasteiger partial charge in [-0.3, -0.25) is 14.5 Å². The lowest BCUT2D eigenvalue weighted by molar-refractivity contribution is -0.141. The molecule has 0 bridgehead atoms. The molecule has 0 heterocycles. The number of benzene rings is 1. The number of carbonyl (C=O) groups excluding carboxylic acids is 1. The lowest BCUT2D eigenvalue weighted by Gasteiger charge is -2.37. The highest BCUT2D eigenvalue weighted by Crippen LogP contribution is 2.18. The van der Waals surface area contributed by atoms with Crippen molar-refractivity contribution in [2.24, 2.45) is 0 Å². The van der Waals surface area contributed by atoms with Crippen molar-refractivity contribution in [3.8, 4) is 0 Å². The van der Waals surface area contributed by atoms with E-state index in [-0.39, 0.29) is 31.4 Å². The van der Waals surface area contributed by atoms with E-state index in [1.165, 1.54) is 12.1 Å². The molecular weight excluding hydrogens is 311 g/mol. The average molecular weight is 338 g/mol. The van der Waals surface area contributed by atoms with Gasteiger partial charge in [-0.15, -0.1) is 0 Å². The number of hydrogen-bond donors (Lipinski definition) is 1. The zero-order chi connectivity index (χ0) is 18.3. The van der Waals surface area contributed by atoms with Gasteiger partial charge in [-0.05, 0) is 51.4 Å². The first kappa shape index (κ1) is 20.1. The second-order valence-corrected chi connectivity index (χ2v) is 6.89. The van der Waals surface area contributed by atoms with Crippen LogP contribution in [0.2, 0.25) is 0 Å². The summed E-state index contributed by atoms with van der Waals surface area (Å²) in [5.74, 6) is -1.46. The summed E-state index contributed by atoms with van der Waals surface area (Å²) in [4.78, 5) is 27.0. The molecule has 1 N–H and O–H groups in total. The first-order chi connectivity index (χ1) is 11.1. The summed E-state index contributed by atoms with van der Waals surface area (Å²) in [7, 11) is 0. The molecule has 1 aromatic rings. The number of halogens is 1. The standard InChI is InChI=1S/C18H27FN2O3/c1-5-9-20(13-17(23)24)12-16(22)21(18(2,3)4)11-14-7-6-8-15(19)10-14/h6-8,10H,5,9,11-13H2,1-4H3,(H,23,24). The van der Waals surface area contributed by atoms with Crippen LogP contribution in [0.3, 0.4) is 0 Å². The van der Waals surface area contributed by atoms with Gasteiger partial charge in [0.15, 0.2) is 0 Å². The SMILES string of the molecule is CCCN(CC(=O)O)CC(=O)N(Cc1cccc(F)c1)C(C)(C)C. The van der Waals surface area contributed by atoms with Crippen LogP contribution in [0.4, 0.5) is 4.39 Å². The fourth-order valence-corrected chi connectivity index (χ4v) is 2.52. The molecule has 134 valence electrons. The minimum atomic E-state index is -0.955. The van der Waals surface area contributed by atoms with E-state index in [4.69, 9.17) is 5.11 Å². The second-order valence-electron chi connectivity index (χ2n) is 6.89. The lowest BCUT2D eigenvalue weighted by atomic mass is 10.0. The molecular formula is C18H27FN2O3. The molecule has 0 aliphatic heterocycles. The van der Waals surface area contributed by atoms with Crippen molar-refractivity contribution in [1.82, 2.24) is 9.80 Å². The highest BCUT2D eigenvalue weighted by Gasteiger charge is 2.28. The first-order valence-electron chi connectivity index (χ1n) is 8.12. The Morgan fingerprint density at radius 3 is 2.38 bits per heavy atom. The van der Waals surface area contributed by atoms with Crippen LogP contribution in [0, 0.1) is 5.82 Å². The Morgan fingerprint density at radius 1 is 1.21 bits per heavy atom. The number of carboxylic acids is 1. The number of nitrogens with zero attached hydrogens (tertiary/aromatic N) is 2. The van der Waals surface area contributed by atoms with Gasteiger partial charge in [0, 0.05) is 12.1 Å². The van der Waals surface area contributed by atoms with Gasteiger partial charge in [0.05, 0.1) is 13.1 Å². The molecule has 5 nitrogen and oxygen atoms in total. The van der Waals surface area contributed by atoms with Crippen molar-refractivity contribution in [3.63, 3.8) is 0 Å². The second kappa shape index (κ2) is 8.78. The summed E-state index contributed by atoms with van der Waals surface area (Å²) >= 11 is 0. The molecule has 0 atom stereocenters. The van der Waals surface area contributed by atoms with E-state index in [2.05, 4.69) is 0 Å². The molecule has 24 heavy (non-hydrogen) atoms. The monoisotopic (exact) mass is 338 g/mol. The van der Waals surface area contributed by atoms with Gasteiger partial charge < -0.3 is 10.0 Å². The van der Waals surface area contributed by atoms with E-state index < -0.39 is 11.5 Å². The Morgan fingerprint density at radius 2 is 1.88 bits per heavy atom. The molecule has 0 saturated carbocycles. The van der Waals surface area contributed by atoms with E-state index in [9.17, 15) is 14.0 Å². The van der Waals surface area contributed by atoms with Crippen molar-refractivity contribution in [2.75, 3.05) is 19.6 Å². The smallest absolute Gasteiger partial charge is 0.317 e. The normalized spacial score (nSPS) is 11.6. The van der Waals surface area contributed by atoms with Gasteiger partial charge in [0.1, 0.15) is 5.82 Å². The molecule has 0 spiro atoms. The molecule has 1 amide bonds. The Balaban J connectivity index is 2.90. The molecule has 1 aromatic carbocycles. The van der Waals surface area contributed by atoms with Crippen molar-refractivity contribution >= 4 is 11.9 Å². The van der Waals surface area contributed by atoms with Crippen LogP contribution >= 0.6 is 0 Å². The number of carboxylic acid groups (broad SMARTS) is 1. The fourth-order valence-electron chi connectivity index (χ4n) is 2.52. The van der Waals surface area contributed by atoms with Crippen LogP contribution in [-0.4, -0.2) is 52.0 Å². The lowest BCUT2D eigenvalue weighted by Crippen LogP contribution is -2.49. The largest absolute Gasteiger partial charge is 0.480 e. The summed E-state index contributed by atoms with van der Waals surface area (Å²) in [5.41, 5.74) is 0.253. The van der Waals surface area contributed by atoms with E-state index in [1.807, 2.05) is 27.7 Å². The molecule has 1 rings (SSSR count). The Labute approximate surface area is 143 Å². The zero-order valence-corrected chi connectivity index (χ0v) is 14.9. The van der Waals surface area contributed by atoms with Gasteiger partial charge in [-0.1, -0.05) is 19.1 Å². The van der Waals surface area contributed by atoms with Crippen LogP contribution in [0.15, 0.2) is 24.3 Å². The number of aliphatic carboxylic acids is 1. The maximum absolute atomic E-state index is 13.4. The topological polar surface area (TPSA) is 60.9 Å². The molecule has 0 saturated heterocycles. The van der Waals surface area contributed by atoms with E-state index in [0.29, 0.717) is 12.1 Å². The van der Waals surface area contributed by atoms with Crippen molar-refractivity contribution in [1.29, 1.82) is 0 Å². The maximum Gasteiger partial charge on any atom is 0.317 e. The molecule has 0 aliphatic rings. The van der Waals surface area contributed by atoms with Crippen LogP contribution in [-0.2, 0) is 16.1 Å². The molecule has 0 aliphatic carbocycles. The summed E-state index contributed by atoms with van der Waals surface area (Å²) in [6.45, 7) is 8.35. The molecule has 0 aromatic heterocycles. The predicted octanol–water partition coefficient (Wildman–Crippen LogP) is 2.75. The Kier molecular flexibility index (Phi) is 7.35. The van der Waals surface area contributed by atoms with Gasteiger partial charge in [-0.2, -0.15) is 0 Å². The van der Waals surface area contributed by atoms with Gasteiger partial charge >= 0.3 is 5.97 Å². The summed E-state index contributed by atoms with van der Waals surface area (Å²) in [6.07, 6.45) is 0.764. The van der Waals surface area contributed by atoms with E-state index >= 15 is 0 Å². The summed E-state index contributed by atoms with van der Waals surface area (Å²) in [5, 5.41) is 8.98. The van der Waals surface area contributed by atoms with Crippen LogP contribution in [0.5, 0.6) is 0 Å². The van der Waals surface area contributed by atoms with Gasteiger partial charge in [0.2, 0.25) is 5.91 Å². The Hall–Kier alpha value is -1.95. The van der Waals surface area contributed by atoms with Crippen LogP contribution in [0.1, 0.15) is 39.7 Å². The third-order valence-corrected chi connectivity index (χ3v) is 3.60. The molecule has 6 heteroatoms. The van der Waals surface area contributed by atoms with E-state index in [0.717, 1.165) is 6.42 Å². The van der Waals surface area contributed by atoms with Gasteiger partial charge in [0.25, 0.3) is 0 Å². The summed E-state index contributed by atoms with van der Waals surface area (Å²) < 4.78 is 13.4. The third-order valence-electron chi connectivity index (χ3n) is 3.60. The molecule has 0 fully saturated rings. The first-order valence-corrected chi connectivity index (χ1v) is 8.12. The highest BCUT2D eigenvalue weighted by molar-refractivity contribution is 5.80.